The van der Waals surface area contributed by atoms with Crippen LogP contribution < -0.4 is 0 Å². The van der Waals surface area contributed by atoms with Crippen molar-refractivity contribution in [1.29, 1.82) is 0 Å². The van der Waals surface area contributed by atoms with Gasteiger partial charge >= 0.3 is 0 Å². The summed E-state index contributed by atoms with van der Waals surface area (Å²) in [4.78, 5) is 0. The van der Waals surface area contributed by atoms with Crippen molar-refractivity contribution in [1.82, 2.24) is 0 Å². The predicted molar refractivity (Wildman–Crippen MR) is 120 cm³/mol. The van der Waals surface area contributed by atoms with Crippen LogP contribution in [0.25, 0.3) is 6.08 Å². The SMILES string of the molecule is CC1(C)OC[C@H](C=Cc2ccccc2)O1.CC1(C)OC[C@H](CCc2ccccc2)O1. The second-order valence-electron chi connectivity index (χ2n) is 8.61. The summed E-state index contributed by atoms with van der Waals surface area (Å²) in [7, 11) is 0. The fraction of sp³-hybridized carbons (Fsp3) is 0.462. The van der Waals surface area contributed by atoms with Gasteiger partial charge in [-0.2, -0.15) is 0 Å². The monoisotopic (exact) mass is 410 g/mol. The normalized spacial score (nSPS) is 24.5. The first-order valence-electron chi connectivity index (χ1n) is 10.7. The topological polar surface area (TPSA) is 36.9 Å². The lowest BCUT2D eigenvalue weighted by molar-refractivity contribution is -0.138. The number of aryl methyl sites for hydroxylation is 1. The van der Waals surface area contributed by atoms with Crippen LogP contribution in [-0.4, -0.2) is 37.0 Å². The van der Waals surface area contributed by atoms with Crippen LogP contribution in [-0.2, 0) is 25.4 Å². The molecule has 0 bridgehead atoms. The third kappa shape index (κ3) is 7.69. The van der Waals surface area contributed by atoms with Gasteiger partial charge in [0.1, 0.15) is 6.10 Å². The van der Waals surface area contributed by atoms with E-state index < -0.39 is 5.79 Å². The summed E-state index contributed by atoms with van der Waals surface area (Å²) in [5, 5.41) is 0. The maximum atomic E-state index is 5.75. The number of ether oxygens (including phenoxy) is 4. The Morgan fingerprint density at radius 3 is 1.97 bits per heavy atom. The van der Waals surface area contributed by atoms with Crippen molar-refractivity contribution < 1.29 is 18.9 Å². The van der Waals surface area contributed by atoms with Gasteiger partial charge in [0.25, 0.3) is 0 Å². The van der Waals surface area contributed by atoms with Gasteiger partial charge in [-0.3, -0.25) is 0 Å². The Morgan fingerprint density at radius 1 is 0.800 bits per heavy atom. The highest BCUT2D eigenvalue weighted by atomic mass is 16.7. The van der Waals surface area contributed by atoms with Crippen molar-refractivity contribution in [3.63, 3.8) is 0 Å². The van der Waals surface area contributed by atoms with E-state index in [0.29, 0.717) is 6.61 Å². The van der Waals surface area contributed by atoms with Crippen molar-refractivity contribution in [2.75, 3.05) is 13.2 Å². The molecule has 0 N–H and O–H groups in total. The molecule has 4 nitrogen and oxygen atoms in total. The minimum absolute atomic E-state index is 0.0696. The highest BCUT2D eigenvalue weighted by Crippen LogP contribution is 2.25. The quantitative estimate of drug-likeness (QED) is 0.641. The molecule has 4 rings (SSSR count). The molecule has 0 amide bonds. The Bertz CT molecular complexity index is 783. The highest BCUT2D eigenvalue weighted by molar-refractivity contribution is 5.49. The lowest BCUT2D eigenvalue weighted by atomic mass is 10.1. The molecule has 0 saturated carbocycles. The summed E-state index contributed by atoms with van der Waals surface area (Å²) >= 11 is 0. The van der Waals surface area contributed by atoms with E-state index in [1.807, 2.05) is 58.0 Å². The highest BCUT2D eigenvalue weighted by Gasteiger charge is 2.32. The van der Waals surface area contributed by atoms with Crippen LogP contribution in [0.1, 0.15) is 45.2 Å². The van der Waals surface area contributed by atoms with Crippen molar-refractivity contribution in [3.8, 4) is 0 Å². The van der Waals surface area contributed by atoms with E-state index in [4.69, 9.17) is 18.9 Å². The first kappa shape index (κ1) is 22.7. The van der Waals surface area contributed by atoms with E-state index in [1.54, 1.807) is 0 Å². The van der Waals surface area contributed by atoms with Gasteiger partial charge in [0.2, 0.25) is 0 Å². The van der Waals surface area contributed by atoms with Crippen LogP contribution in [0.3, 0.4) is 0 Å². The first-order chi connectivity index (χ1) is 14.3. The second kappa shape index (κ2) is 10.4. The zero-order chi connectivity index (χ0) is 21.5. The Labute approximate surface area is 180 Å². The van der Waals surface area contributed by atoms with E-state index in [2.05, 4.69) is 42.5 Å². The van der Waals surface area contributed by atoms with Crippen molar-refractivity contribution in [2.45, 2.75) is 64.3 Å². The molecule has 0 spiro atoms. The zero-order valence-corrected chi connectivity index (χ0v) is 18.5. The molecule has 4 heteroatoms. The molecule has 0 aromatic heterocycles. The largest absolute Gasteiger partial charge is 0.348 e. The molecule has 2 saturated heterocycles. The minimum atomic E-state index is -0.439. The van der Waals surface area contributed by atoms with Gasteiger partial charge < -0.3 is 18.9 Å². The maximum Gasteiger partial charge on any atom is 0.163 e. The summed E-state index contributed by atoms with van der Waals surface area (Å²) in [6.07, 6.45) is 6.53. The van der Waals surface area contributed by atoms with Crippen LogP contribution in [0, 0.1) is 0 Å². The fourth-order valence-corrected chi connectivity index (χ4v) is 3.47. The van der Waals surface area contributed by atoms with Crippen molar-refractivity contribution in [3.05, 3.63) is 77.9 Å². The summed E-state index contributed by atoms with van der Waals surface area (Å²) in [5.74, 6) is -0.826. The fourth-order valence-electron chi connectivity index (χ4n) is 3.47. The smallest absolute Gasteiger partial charge is 0.163 e. The predicted octanol–water partition coefficient (Wildman–Crippen LogP) is 5.62. The van der Waals surface area contributed by atoms with Gasteiger partial charge in [0, 0.05) is 0 Å². The van der Waals surface area contributed by atoms with Gasteiger partial charge in [-0.25, -0.2) is 0 Å². The number of hydrogen-bond donors (Lipinski definition) is 0. The number of hydrogen-bond acceptors (Lipinski definition) is 4. The molecule has 30 heavy (non-hydrogen) atoms. The third-order valence-electron chi connectivity index (χ3n) is 5.00. The molecule has 2 aliphatic heterocycles. The molecule has 2 atom stereocenters. The van der Waals surface area contributed by atoms with Crippen molar-refractivity contribution in [2.24, 2.45) is 0 Å². The van der Waals surface area contributed by atoms with E-state index in [0.717, 1.165) is 19.4 Å². The Kier molecular flexibility index (Phi) is 7.84. The molecule has 2 aliphatic rings. The van der Waals surface area contributed by atoms with Gasteiger partial charge in [-0.1, -0.05) is 72.8 Å². The molecule has 2 aromatic rings. The maximum absolute atomic E-state index is 5.75. The standard InChI is InChI=1S/C13H18O2.C13H16O2/c2*1-13(2)14-10-12(15-13)9-8-11-6-4-3-5-7-11/h3-7,12H,8-10H2,1-2H3;3-9,12H,10H2,1-2H3/t2*12-/m00/s1. The molecule has 2 fully saturated rings. The van der Waals surface area contributed by atoms with Crippen LogP contribution >= 0.6 is 0 Å². The van der Waals surface area contributed by atoms with Crippen LogP contribution in [0.2, 0.25) is 0 Å². The summed E-state index contributed by atoms with van der Waals surface area (Å²) in [5.41, 5.74) is 2.55. The van der Waals surface area contributed by atoms with Crippen LogP contribution in [0.5, 0.6) is 0 Å². The number of rotatable bonds is 5. The van der Waals surface area contributed by atoms with Crippen LogP contribution in [0.4, 0.5) is 0 Å². The molecule has 2 aromatic carbocycles. The van der Waals surface area contributed by atoms with Gasteiger partial charge in [-0.15, -0.1) is 0 Å². The summed E-state index contributed by atoms with van der Waals surface area (Å²) < 4.78 is 22.4. The second-order valence-corrected chi connectivity index (χ2v) is 8.61. The van der Waals surface area contributed by atoms with E-state index in [9.17, 15) is 0 Å². The van der Waals surface area contributed by atoms with Gasteiger partial charge in [0.05, 0.1) is 19.3 Å². The number of benzene rings is 2. The van der Waals surface area contributed by atoms with Crippen LogP contribution in [0.15, 0.2) is 66.7 Å². The molecule has 0 unspecified atom stereocenters. The molecular formula is C26H34O4. The van der Waals surface area contributed by atoms with E-state index in [1.165, 1.54) is 11.1 Å². The molecule has 162 valence electrons. The summed E-state index contributed by atoms with van der Waals surface area (Å²) in [6.45, 7) is 9.16. The molecular weight excluding hydrogens is 376 g/mol. The van der Waals surface area contributed by atoms with E-state index >= 15 is 0 Å². The molecule has 2 heterocycles. The summed E-state index contributed by atoms with van der Waals surface area (Å²) in [6, 6.07) is 20.7. The van der Waals surface area contributed by atoms with Crippen molar-refractivity contribution >= 4 is 6.08 Å². The van der Waals surface area contributed by atoms with Gasteiger partial charge in [0.15, 0.2) is 11.6 Å². The average Bonchev–Trinajstić information content (AvgIpc) is 3.27. The van der Waals surface area contributed by atoms with Gasteiger partial charge in [-0.05, 0) is 51.7 Å². The Morgan fingerprint density at radius 2 is 1.40 bits per heavy atom. The minimum Gasteiger partial charge on any atom is -0.348 e. The lowest BCUT2D eigenvalue weighted by Gasteiger charge is -2.16. The van der Waals surface area contributed by atoms with E-state index in [-0.39, 0.29) is 18.0 Å². The molecule has 0 radical (unpaired) electrons. The Hall–Kier alpha value is -1.98. The Balaban J connectivity index is 0.000000171. The zero-order valence-electron chi connectivity index (χ0n) is 18.5. The third-order valence-corrected chi connectivity index (χ3v) is 5.00. The lowest BCUT2D eigenvalue weighted by Crippen LogP contribution is -2.21. The average molecular weight is 411 g/mol. The molecule has 0 aliphatic carbocycles. The first-order valence-corrected chi connectivity index (χ1v) is 10.7.